The topological polar surface area (TPSA) is 49.2 Å². The van der Waals surface area contributed by atoms with Crippen LogP contribution in [-0.2, 0) is 6.54 Å². The van der Waals surface area contributed by atoms with Crippen LogP contribution in [0, 0.1) is 17.8 Å². The van der Waals surface area contributed by atoms with E-state index in [1.165, 1.54) is 96.0 Å². The van der Waals surface area contributed by atoms with Crippen LogP contribution in [0.5, 0.6) is 0 Å². The first kappa shape index (κ1) is 21.8. The lowest BCUT2D eigenvalue weighted by molar-refractivity contribution is 0.193. The molecule has 3 saturated heterocycles. The fourth-order valence-electron chi connectivity index (χ4n) is 6.08. The Balaban J connectivity index is 0.00000102. The van der Waals surface area contributed by atoms with Crippen LogP contribution >= 0.6 is 24.8 Å². The molecule has 0 aromatic carbocycles. The van der Waals surface area contributed by atoms with E-state index in [4.69, 9.17) is 5.10 Å². The lowest BCUT2D eigenvalue weighted by Gasteiger charge is -2.32. The molecular formula is C21H36Cl2N6. The van der Waals surface area contributed by atoms with Gasteiger partial charge in [0.15, 0.2) is 0 Å². The number of likely N-dealkylation sites (tertiary alicyclic amines) is 2. The van der Waals surface area contributed by atoms with Crippen LogP contribution in [-0.4, -0.2) is 70.4 Å². The van der Waals surface area contributed by atoms with E-state index in [0.717, 1.165) is 24.3 Å². The Morgan fingerprint density at radius 1 is 0.828 bits per heavy atom. The third-order valence-electron chi connectivity index (χ3n) is 7.96. The molecule has 1 unspecified atom stereocenters. The van der Waals surface area contributed by atoms with Crippen LogP contribution in [0.15, 0.2) is 0 Å². The standard InChI is InChI=1S/C21H34N6.2ClH/c1-2-8-25(7-1)14-20-23-24-21(27(20)16-3-4-16)15-5-9-26(10-6-15)13-19-17-11-22-12-18(17)19;;/h15-19,22H,1-14H2;2*1H/t17-,18+,19?;;. The zero-order chi connectivity index (χ0) is 17.8. The lowest BCUT2D eigenvalue weighted by Crippen LogP contribution is -2.36. The van der Waals surface area contributed by atoms with Crippen LogP contribution < -0.4 is 5.32 Å². The van der Waals surface area contributed by atoms with E-state index in [1.54, 1.807) is 0 Å². The van der Waals surface area contributed by atoms with Crippen molar-refractivity contribution in [3.05, 3.63) is 11.6 Å². The summed E-state index contributed by atoms with van der Waals surface area (Å²) in [5.74, 6) is 6.17. The lowest BCUT2D eigenvalue weighted by atomic mass is 9.95. The Morgan fingerprint density at radius 2 is 1.52 bits per heavy atom. The Hall–Kier alpha value is -0.400. The quantitative estimate of drug-likeness (QED) is 0.733. The van der Waals surface area contributed by atoms with Crippen molar-refractivity contribution in [2.45, 2.75) is 57.0 Å². The zero-order valence-electron chi connectivity index (χ0n) is 17.3. The Morgan fingerprint density at radius 3 is 2.17 bits per heavy atom. The van der Waals surface area contributed by atoms with Crippen LogP contribution in [0.2, 0.25) is 0 Å². The summed E-state index contributed by atoms with van der Waals surface area (Å²) >= 11 is 0. The zero-order valence-corrected chi connectivity index (χ0v) is 19.0. The second-order valence-corrected chi connectivity index (χ2v) is 9.78. The van der Waals surface area contributed by atoms with Gasteiger partial charge in [-0.15, -0.1) is 35.0 Å². The summed E-state index contributed by atoms with van der Waals surface area (Å²) in [6.07, 6.45) is 7.90. The highest BCUT2D eigenvalue weighted by Gasteiger charge is 2.53. The number of hydrogen-bond acceptors (Lipinski definition) is 5. The molecule has 8 heteroatoms. The summed E-state index contributed by atoms with van der Waals surface area (Å²) in [7, 11) is 0. The molecule has 2 saturated carbocycles. The van der Waals surface area contributed by atoms with Gasteiger partial charge in [0.25, 0.3) is 0 Å². The number of halogens is 2. The molecule has 5 aliphatic rings. The van der Waals surface area contributed by atoms with Crippen LogP contribution in [0.3, 0.4) is 0 Å². The van der Waals surface area contributed by atoms with Gasteiger partial charge in [-0.2, -0.15) is 0 Å². The summed E-state index contributed by atoms with van der Waals surface area (Å²) in [4.78, 5) is 5.30. The van der Waals surface area contributed by atoms with E-state index in [1.807, 2.05) is 0 Å². The predicted molar refractivity (Wildman–Crippen MR) is 119 cm³/mol. The summed E-state index contributed by atoms with van der Waals surface area (Å²) in [5, 5.41) is 13.0. The van der Waals surface area contributed by atoms with Crippen molar-refractivity contribution in [2.24, 2.45) is 17.8 Å². The molecule has 0 amide bonds. The smallest absolute Gasteiger partial charge is 0.147 e. The van der Waals surface area contributed by atoms with Gasteiger partial charge in [0.1, 0.15) is 11.6 Å². The first-order valence-corrected chi connectivity index (χ1v) is 11.5. The van der Waals surface area contributed by atoms with Gasteiger partial charge in [0.05, 0.1) is 6.54 Å². The largest absolute Gasteiger partial charge is 0.316 e. The molecule has 5 fully saturated rings. The minimum Gasteiger partial charge on any atom is -0.316 e. The van der Waals surface area contributed by atoms with Crippen molar-refractivity contribution in [1.82, 2.24) is 29.9 Å². The summed E-state index contributed by atoms with van der Waals surface area (Å²) in [5.41, 5.74) is 0. The van der Waals surface area contributed by atoms with Crippen LogP contribution in [0.4, 0.5) is 0 Å². The molecule has 0 radical (unpaired) electrons. The molecule has 1 N–H and O–H groups in total. The first-order valence-electron chi connectivity index (χ1n) is 11.5. The van der Waals surface area contributed by atoms with E-state index < -0.39 is 0 Å². The van der Waals surface area contributed by atoms with Crippen LogP contribution in [0.25, 0.3) is 0 Å². The van der Waals surface area contributed by atoms with Crippen molar-refractivity contribution in [1.29, 1.82) is 0 Å². The minimum absolute atomic E-state index is 0. The minimum atomic E-state index is 0. The number of aromatic nitrogens is 3. The summed E-state index contributed by atoms with van der Waals surface area (Å²) < 4.78 is 2.57. The van der Waals surface area contributed by atoms with Crippen molar-refractivity contribution in [3.63, 3.8) is 0 Å². The van der Waals surface area contributed by atoms with Gasteiger partial charge in [0, 0.05) is 18.5 Å². The molecule has 6 nitrogen and oxygen atoms in total. The molecular weight excluding hydrogens is 407 g/mol. The maximum Gasteiger partial charge on any atom is 0.147 e. The van der Waals surface area contributed by atoms with E-state index in [2.05, 4.69) is 24.8 Å². The number of rotatable bonds is 6. The van der Waals surface area contributed by atoms with Gasteiger partial charge in [-0.3, -0.25) is 4.90 Å². The van der Waals surface area contributed by atoms with E-state index in [9.17, 15) is 0 Å². The molecule has 3 aliphatic heterocycles. The Labute approximate surface area is 187 Å². The average molecular weight is 443 g/mol. The van der Waals surface area contributed by atoms with Crippen molar-refractivity contribution >= 4 is 24.8 Å². The molecule has 0 bridgehead atoms. The molecule has 1 aromatic heterocycles. The third-order valence-corrected chi connectivity index (χ3v) is 7.96. The number of nitrogens with zero attached hydrogens (tertiary/aromatic N) is 5. The van der Waals surface area contributed by atoms with Gasteiger partial charge in [0.2, 0.25) is 0 Å². The number of fused-ring (bicyclic) bond motifs is 1. The molecule has 1 aromatic rings. The first-order chi connectivity index (χ1) is 13.4. The van der Waals surface area contributed by atoms with Gasteiger partial charge in [-0.1, -0.05) is 0 Å². The van der Waals surface area contributed by atoms with E-state index in [0.29, 0.717) is 12.0 Å². The molecule has 164 valence electrons. The van der Waals surface area contributed by atoms with Gasteiger partial charge in [-0.25, -0.2) is 0 Å². The highest BCUT2D eigenvalue weighted by atomic mass is 35.5. The van der Waals surface area contributed by atoms with E-state index >= 15 is 0 Å². The summed E-state index contributed by atoms with van der Waals surface area (Å²) in [6.45, 7) is 9.90. The number of nitrogens with one attached hydrogen (secondary N) is 1. The van der Waals surface area contributed by atoms with Gasteiger partial charge >= 0.3 is 0 Å². The van der Waals surface area contributed by atoms with Gasteiger partial charge in [-0.05, 0) is 95.5 Å². The second kappa shape index (κ2) is 8.99. The predicted octanol–water partition coefficient (Wildman–Crippen LogP) is 2.70. The third kappa shape index (κ3) is 4.33. The molecule has 3 atom stereocenters. The fourth-order valence-corrected chi connectivity index (χ4v) is 6.08. The summed E-state index contributed by atoms with van der Waals surface area (Å²) in [6, 6.07) is 0.698. The highest BCUT2D eigenvalue weighted by molar-refractivity contribution is 5.85. The molecule has 2 aliphatic carbocycles. The average Bonchev–Trinajstić information content (AvgIpc) is 3.39. The molecule has 29 heavy (non-hydrogen) atoms. The monoisotopic (exact) mass is 442 g/mol. The van der Waals surface area contributed by atoms with Crippen LogP contribution in [0.1, 0.15) is 62.1 Å². The Kier molecular flexibility index (Phi) is 6.77. The molecule has 0 spiro atoms. The normalized spacial score (nSPS) is 32.6. The van der Waals surface area contributed by atoms with Crippen molar-refractivity contribution in [3.8, 4) is 0 Å². The van der Waals surface area contributed by atoms with E-state index in [-0.39, 0.29) is 24.8 Å². The Bertz CT molecular complexity index is 669. The van der Waals surface area contributed by atoms with Crippen molar-refractivity contribution in [2.75, 3.05) is 45.8 Å². The fraction of sp³-hybridized carbons (Fsp3) is 0.905. The number of piperidine rings is 2. The maximum absolute atomic E-state index is 4.75. The highest BCUT2D eigenvalue weighted by Crippen LogP contribution is 2.49. The van der Waals surface area contributed by atoms with Crippen molar-refractivity contribution < 1.29 is 0 Å². The SMILES string of the molecule is C1CCN(Cc2nnc(C3CCN(CC4[C@H]5CNC[C@@H]45)CC3)n2C2CC2)C1.Cl.Cl. The second-order valence-electron chi connectivity index (χ2n) is 9.78. The van der Waals surface area contributed by atoms with Gasteiger partial charge < -0.3 is 14.8 Å². The molecule has 6 rings (SSSR count). The number of hydrogen-bond donors (Lipinski definition) is 1. The maximum atomic E-state index is 4.75. The molecule has 4 heterocycles.